The van der Waals surface area contributed by atoms with Crippen molar-refractivity contribution in [3.8, 4) is 0 Å². The van der Waals surface area contributed by atoms with Crippen molar-refractivity contribution in [1.29, 1.82) is 0 Å². The number of aryl methyl sites for hydroxylation is 1. The number of fused-ring (bicyclic) bond motifs is 2. The quantitative estimate of drug-likeness (QED) is 0.592. The standard InChI is InChI=1S/C19H17N5/c1-11-2-4-15-14(6-7-22-18(15)20)16(11)9-12-3-5-17-13(8-12)10-23-19(21)24-17/h2-8,10H,9H2,1H3,(H2,20,22)(H2,21,23,24). The third kappa shape index (κ3) is 2.40. The van der Waals surface area contributed by atoms with Crippen LogP contribution in [-0.4, -0.2) is 15.0 Å². The monoisotopic (exact) mass is 315 g/mol. The first-order valence-electron chi connectivity index (χ1n) is 7.75. The summed E-state index contributed by atoms with van der Waals surface area (Å²) in [7, 11) is 0. The maximum absolute atomic E-state index is 6.02. The van der Waals surface area contributed by atoms with Gasteiger partial charge in [0.1, 0.15) is 5.82 Å². The van der Waals surface area contributed by atoms with E-state index in [1.807, 2.05) is 18.2 Å². The number of rotatable bonds is 2. The molecular weight excluding hydrogens is 298 g/mol. The second kappa shape index (κ2) is 5.45. The molecule has 0 radical (unpaired) electrons. The van der Waals surface area contributed by atoms with Gasteiger partial charge in [-0.15, -0.1) is 0 Å². The summed E-state index contributed by atoms with van der Waals surface area (Å²) in [6.07, 6.45) is 4.34. The number of anilines is 2. The third-order valence-corrected chi connectivity index (χ3v) is 4.37. The first kappa shape index (κ1) is 14.4. The maximum Gasteiger partial charge on any atom is 0.220 e. The van der Waals surface area contributed by atoms with Gasteiger partial charge in [-0.05, 0) is 53.6 Å². The van der Waals surface area contributed by atoms with Gasteiger partial charge in [-0.1, -0.05) is 18.2 Å². The largest absolute Gasteiger partial charge is 0.383 e. The van der Waals surface area contributed by atoms with E-state index in [-0.39, 0.29) is 0 Å². The zero-order valence-corrected chi connectivity index (χ0v) is 13.3. The first-order chi connectivity index (χ1) is 11.6. The zero-order valence-electron chi connectivity index (χ0n) is 13.3. The van der Waals surface area contributed by atoms with Crippen LogP contribution in [0, 0.1) is 6.92 Å². The molecule has 0 fully saturated rings. The molecule has 2 aromatic carbocycles. The molecule has 118 valence electrons. The van der Waals surface area contributed by atoms with E-state index in [4.69, 9.17) is 11.5 Å². The molecule has 0 aliphatic rings. The Labute approximate surface area is 139 Å². The fourth-order valence-corrected chi connectivity index (χ4v) is 3.09. The van der Waals surface area contributed by atoms with Crippen LogP contribution in [0.3, 0.4) is 0 Å². The summed E-state index contributed by atoms with van der Waals surface area (Å²) >= 11 is 0. The van der Waals surface area contributed by atoms with E-state index >= 15 is 0 Å². The molecule has 0 saturated heterocycles. The highest BCUT2D eigenvalue weighted by Gasteiger charge is 2.09. The van der Waals surface area contributed by atoms with Crippen molar-refractivity contribution in [2.24, 2.45) is 0 Å². The van der Waals surface area contributed by atoms with Crippen LogP contribution in [0.2, 0.25) is 0 Å². The average molecular weight is 315 g/mol. The summed E-state index contributed by atoms with van der Waals surface area (Å²) in [6, 6.07) is 12.3. The van der Waals surface area contributed by atoms with Crippen molar-refractivity contribution >= 4 is 33.4 Å². The van der Waals surface area contributed by atoms with E-state index in [1.165, 1.54) is 16.7 Å². The molecule has 2 heterocycles. The van der Waals surface area contributed by atoms with Crippen molar-refractivity contribution in [3.05, 3.63) is 65.5 Å². The Bertz CT molecular complexity index is 1070. The average Bonchev–Trinajstić information content (AvgIpc) is 2.58. The predicted molar refractivity (Wildman–Crippen MR) is 97.6 cm³/mol. The van der Waals surface area contributed by atoms with Gasteiger partial charge < -0.3 is 11.5 Å². The minimum absolute atomic E-state index is 0.295. The van der Waals surface area contributed by atoms with Gasteiger partial charge in [-0.3, -0.25) is 0 Å². The molecule has 0 atom stereocenters. The topological polar surface area (TPSA) is 90.7 Å². The third-order valence-electron chi connectivity index (χ3n) is 4.37. The minimum Gasteiger partial charge on any atom is -0.383 e. The molecule has 4 aromatic rings. The van der Waals surface area contributed by atoms with Crippen LogP contribution >= 0.6 is 0 Å². The van der Waals surface area contributed by atoms with Crippen LogP contribution in [0.15, 0.2) is 48.8 Å². The lowest BCUT2D eigenvalue weighted by molar-refractivity contribution is 1.17. The lowest BCUT2D eigenvalue weighted by Crippen LogP contribution is -1.98. The molecule has 0 unspecified atom stereocenters. The van der Waals surface area contributed by atoms with Gasteiger partial charge >= 0.3 is 0 Å². The molecular formula is C19H17N5. The summed E-state index contributed by atoms with van der Waals surface area (Å²) in [4.78, 5) is 12.5. The molecule has 5 nitrogen and oxygen atoms in total. The summed E-state index contributed by atoms with van der Waals surface area (Å²) in [5.41, 5.74) is 16.2. The van der Waals surface area contributed by atoms with Crippen molar-refractivity contribution in [2.75, 3.05) is 11.5 Å². The SMILES string of the molecule is Cc1ccc2c(N)nccc2c1Cc1ccc2nc(N)ncc2c1. The van der Waals surface area contributed by atoms with Crippen LogP contribution < -0.4 is 11.5 Å². The van der Waals surface area contributed by atoms with Crippen LogP contribution in [0.4, 0.5) is 11.8 Å². The van der Waals surface area contributed by atoms with E-state index in [2.05, 4.69) is 40.1 Å². The summed E-state index contributed by atoms with van der Waals surface area (Å²) in [5.74, 6) is 0.860. The number of aromatic nitrogens is 3. The highest BCUT2D eigenvalue weighted by molar-refractivity contribution is 5.94. The van der Waals surface area contributed by atoms with Gasteiger partial charge in [-0.25, -0.2) is 15.0 Å². The van der Waals surface area contributed by atoms with Gasteiger partial charge in [-0.2, -0.15) is 0 Å². The fourth-order valence-electron chi connectivity index (χ4n) is 3.09. The molecule has 5 heteroatoms. The van der Waals surface area contributed by atoms with E-state index in [1.54, 1.807) is 12.4 Å². The zero-order chi connectivity index (χ0) is 16.7. The van der Waals surface area contributed by atoms with Gasteiger partial charge in [0.15, 0.2) is 0 Å². The van der Waals surface area contributed by atoms with E-state index in [9.17, 15) is 0 Å². The molecule has 0 amide bonds. The number of hydrogen-bond acceptors (Lipinski definition) is 5. The van der Waals surface area contributed by atoms with E-state index in [0.29, 0.717) is 11.8 Å². The van der Waals surface area contributed by atoms with Crippen LogP contribution in [-0.2, 0) is 6.42 Å². The van der Waals surface area contributed by atoms with Crippen molar-refractivity contribution in [3.63, 3.8) is 0 Å². The van der Waals surface area contributed by atoms with Crippen molar-refractivity contribution < 1.29 is 0 Å². The second-order valence-corrected chi connectivity index (χ2v) is 5.95. The Hall–Kier alpha value is -3.21. The number of nitrogen functional groups attached to an aromatic ring is 2. The Morgan fingerprint density at radius 1 is 0.958 bits per heavy atom. The Kier molecular flexibility index (Phi) is 3.27. The molecule has 4 rings (SSSR count). The lowest BCUT2D eigenvalue weighted by atomic mass is 9.94. The molecule has 4 N–H and O–H groups in total. The Morgan fingerprint density at radius 3 is 2.71 bits per heavy atom. The minimum atomic E-state index is 0.295. The van der Waals surface area contributed by atoms with Gasteiger partial charge in [0.25, 0.3) is 0 Å². The van der Waals surface area contributed by atoms with E-state index < -0.39 is 0 Å². The Balaban J connectivity index is 1.83. The molecule has 0 aliphatic carbocycles. The van der Waals surface area contributed by atoms with Gasteiger partial charge in [0.2, 0.25) is 5.95 Å². The van der Waals surface area contributed by atoms with E-state index in [0.717, 1.165) is 28.1 Å². The summed E-state index contributed by atoms with van der Waals surface area (Å²) in [6.45, 7) is 2.12. The first-order valence-corrected chi connectivity index (χ1v) is 7.75. The predicted octanol–water partition coefficient (Wildman–Crippen LogP) is 3.24. The number of hydrogen-bond donors (Lipinski definition) is 2. The number of pyridine rings is 1. The molecule has 2 aromatic heterocycles. The lowest BCUT2D eigenvalue weighted by Gasteiger charge is -2.12. The van der Waals surface area contributed by atoms with Crippen LogP contribution in [0.25, 0.3) is 21.7 Å². The van der Waals surface area contributed by atoms with Crippen molar-refractivity contribution in [2.45, 2.75) is 13.3 Å². The number of nitrogens with two attached hydrogens (primary N) is 2. The highest BCUT2D eigenvalue weighted by Crippen LogP contribution is 2.28. The second-order valence-electron chi connectivity index (χ2n) is 5.95. The molecule has 24 heavy (non-hydrogen) atoms. The fraction of sp³-hybridized carbons (Fsp3) is 0.105. The van der Waals surface area contributed by atoms with Crippen LogP contribution in [0.1, 0.15) is 16.7 Å². The van der Waals surface area contributed by atoms with Gasteiger partial charge in [0, 0.05) is 23.2 Å². The molecule has 0 spiro atoms. The highest BCUT2D eigenvalue weighted by atomic mass is 15.0. The smallest absolute Gasteiger partial charge is 0.220 e. The summed E-state index contributed by atoms with van der Waals surface area (Å²) < 4.78 is 0. The van der Waals surface area contributed by atoms with Crippen LogP contribution in [0.5, 0.6) is 0 Å². The van der Waals surface area contributed by atoms with Gasteiger partial charge in [0.05, 0.1) is 5.52 Å². The number of benzene rings is 2. The molecule has 0 saturated carbocycles. The molecule has 0 bridgehead atoms. The summed E-state index contributed by atoms with van der Waals surface area (Å²) in [5, 5.41) is 3.13. The van der Waals surface area contributed by atoms with Crippen molar-refractivity contribution in [1.82, 2.24) is 15.0 Å². The Morgan fingerprint density at radius 2 is 1.83 bits per heavy atom. The number of nitrogens with zero attached hydrogens (tertiary/aromatic N) is 3. The maximum atomic E-state index is 6.02. The normalized spacial score (nSPS) is 11.2. The molecule has 0 aliphatic heterocycles.